The lowest BCUT2D eigenvalue weighted by Crippen LogP contribution is -2.76. The highest BCUT2D eigenvalue weighted by Crippen LogP contribution is 2.33. The van der Waals surface area contributed by atoms with Gasteiger partial charge in [0.2, 0.25) is 11.8 Å². The van der Waals surface area contributed by atoms with E-state index in [1.807, 2.05) is 55.1 Å². The van der Waals surface area contributed by atoms with Gasteiger partial charge >= 0.3 is 6.03 Å². The van der Waals surface area contributed by atoms with Gasteiger partial charge < -0.3 is 15.1 Å². The number of amides is 4. The minimum Gasteiger partial charge on any atom is -0.336 e. The maximum atomic E-state index is 14.2. The predicted octanol–water partition coefficient (Wildman–Crippen LogP) is 4.44. The molecule has 220 valence electrons. The van der Waals surface area contributed by atoms with Crippen LogP contribution in [-0.2, 0) is 16.1 Å². The molecule has 2 saturated heterocycles. The summed E-state index contributed by atoms with van der Waals surface area (Å²) in [6.07, 6.45) is 0.0297. The molecule has 42 heavy (non-hydrogen) atoms. The molecule has 1 unspecified atom stereocenters. The van der Waals surface area contributed by atoms with E-state index in [1.54, 1.807) is 34.1 Å². The number of halogens is 1. The Labute approximate surface area is 246 Å². The summed E-state index contributed by atoms with van der Waals surface area (Å²) in [5.41, 5.74) is 2.93. The highest BCUT2D eigenvalue weighted by atomic mass is 19.1. The third-order valence-corrected chi connectivity index (χ3v) is 8.43. The van der Waals surface area contributed by atoms with E-state index in [1.165, 1.54) is 12.1 Å². The Morgan fingerprint density at radius 2 is 1.55 bits per heavy atom. The average Bonchev–Trinajstić information content (AvgIpc) is 3.00. The van der Waals surface area contributed by atoms with Crippen LogP contribution in [0, 0.1) is 11.7 Å². The van der Waals surface area contributed by atoms with E-state index in [9.17, 15) is 18.8 Å². The van der Waals surface area contributed by atoms with E-state index in [2.05, 4.69) is 29.6 Å². The number of fused-ring (bicyclic) bond motifs is 1. The van der Waals surface area contributed by atoms with Gasteiger partial charge in [-0.05, 0) is 34.7 Å². The second kappa shape index (κ2) is 12.7. The van der Waals surface area contributed by atoms with Gasteiger partial charge in [0.05, 0.1) is 13.1 Å². The third kappa shape index (κ3) is 6.01. The second-order valence-electron chi connectivity index (χ2n) is 11.2. The van der Waals surface area contributed by atoms with Crippen LogP contribution < -0.4 is 5.32 Å². The summed E-state index contributed by atoms with van der Waals surface area (Å²) in [6, 6.07) is 25.1. The SMILES string of the molecule is CCC(C)[C@H]1C(=O)N(CC(c2ccccc2)c2ccccc2)C[C@H]2N1C(=O)CN(C)N2C(=O)NCc1ccc(F)cc1. The normalized spacial score (nSPS) is 20.1. The van der Waals surface area contributed by atoms with Gasteiger partial charge in [0.1, 0.15) is 18.0 Å². The number of carbonyl (C=O) groups is 3. The van der Waals surface area contributed by atoms with Crippen molar-refractivity contribution in [3.8, 4) is 0 Å². The fraction of sp³-hybridized carbons (Fsp3) is 0.364. The third-order valence-electron chi connectivity index (χ3n) is 8.43. The fourth-order valence-corrected chi connectivity index (χ4v) is 6.02. The second-order valence-corrected chi connectivity index (χ2v) is 11.2. The van der Waals surface area contributed by atoms with Gasteiger partial charge in [0, 0.05) is 26.1 Å². The van der Waals surface area contributed by atoms with Crippen molar-refractivity contribution in [1.82, 2.24) is 25.1 Å². The summed E-state index contributed by atoms with van der Waals surface area (Å²) in [5, 5.41) is 6.10. The van der Waals surface area contributed by atoms with Crippen molar-refractivity contribution in [2.24, 2.45) is 5.92 Å². The first kappa shape index (κ1) is 29.3. The minimum atomic E-state index is -0.686. The van der Waals surface area contributed by atoms with E-state index >= 15 is 0 Å². The Hall–Kier alpha value is -4.24. The van der Waals surface area contributed by atoms with E-state index in [0.29, 0.717) is 13.0 Å². The van der Waals surface area contributed by atoms with Crippen molar-refractivity contribution in [3.05, 3.63) is 107 Å². The molecular weight excluding hydrogens is 533 g/mol. The average molecular weight is 572 g/mol. The molecule has 2 heterocycles. The topological polar surface area (TPSA) is 76.2 Å². The largest absolute Gasteiger partial charge is 0.336 e. The number of benzene rings is 3. The van der Waals surface area contributed by atoms with E-state index in [0.717, 1.165) is 16.7 Å². The predicted molar refractivity (Wildman–Crippen MR) is 158 cm³/mol. The molecule has 4 amide bonds. The van der Waals surface area contributed by atoms with Crippen LogP contribution in [0.1, 0.15) is 42.9 Å². The molecule has 0 bridgehead atoms. The first-order valence-electron chi connectivity index (χ1n) is 14.5. The van der Waals surface area contributed by atoms with Crippen LogP contribution in [0.15, 0.2) is 84.9 Å². The summed E-state index contributed by atoms with van der Waals surface area (Å²) in [6.45, 7) is 4.77. The van der Waals surface area contributed by atoms with E-state index < -0.39 is 12.2 Å². The van der Waals surface area contributed by atoms with Crippen molar-refractivity contribution < 1.29 is 18.8 Å². The minimum absolute atomic E-state index is 0.0165. The van der Waals surface area contributed by atoms with Gasteiger partial charge in [-0.25, -0.2) is 19.2 Å². The van der Waals surface area contributed by atoms with Crippen LogP contribution in [0.3, 0.4) is 0 Å². The summed E-state index contributed by atoms with van der Waals surface area (Å²) < 4.78 is 13.4. The monoisotopic (exact) mass is 571 g/mol. The molecule has 0 saturated carbocycles. The maximum Gasteiger partial charge on any atom is 0.334 e. The standard InChI is InChI=1S/C33H38FN5O3/c1-4-23(2)31-32(41)37(20-28(25-11-7-5-8-12-25)26-13-9-6-10-14-26)21-29-38(31)30(40)22-36(3)39(29)33(42)35-19-24-15-17-27(34)18-16-24/h5-18,23,28-29,31H,4,19-22H2,1-3H3,(H,35,42)/t23?,29-,31-/m0/s1. The van der Waals surface area contributed by atoms with Gasteiger partial charge in [-0.2, -0.15) is 0 Å². The number of urea groups is 1. The van der Waals surface area contributed by atoms with Crippen LogP contribution in [-0.4, -0.2) is 76.6 Å². The van der Waals surface area contributed by atoms with Crippen molar-refractivity contribution in [3.63, 3.8) is 0 Å². The van der Waals surface area contributed by atoms with E-state index in [4.69, 9.17) is 0 Å². The molecular formula is C33H38FN5O3. The number of carbonyl (C=O) groups excluding carboxylic acids is 3. The van der Waals surface area contributed by atoms with Crippen LogP contribution in [0.25, 0.3) is 0 Å². The van der Waals surface area contributed by atoms with Crippen molar-refractivity contribution in [1.29, 1.82) is 0 Å². The Morgan fingerprint density at radius 3 is 2.12 bits per heavy atom. The fourth-order valence-electron chi connectivity index (χ4n) is 6.02. The lowest BCUT2D eigenvalue weighted by Gasteiger charge is -2.55. The number of piperazine rings is 1. The molecule has 2 aliphatic rings. The van der Waals surface area contributed by atoms with Crippen LogP contribution in [0.2, 0.25) is 0 Å². The zero-order valence-electron chi connectivity index (χ0n) is 24.3. The molecule has 3 atom stereocenters. The highest BCUT2D eigenvalue weighted by Gasteiger charge is 2.52. The molecule has 9 heteroatoms. The smallest absolute Gasteiger partial charge is 0.334 e. The van der Waals surface area contributed by atoms with Crippen LogP contribution in [0.4, 0.5) is 9.18 Å². The molecule has 2 aliphatic heterocycles. The van der Waals surface area contributed by atoms with Gasteiger partial charge in [-0.3, -0.25) is 9.59 Å². The molecule has 2 fully saturated rings. The highest BCUT2D eigenvalue weighted by molar-refractivity contribution is 5.91. The van der Waals surface area contributed by atoms with Crippen LogP contribution in [0.5, 0.6) is 0 Å². The van der Waals surface area contributed by atoms with E-state index in [-0.39, 0.29) is 55.1 Å². The Bertz CT molecular complexity index is 1350. The number of hydrogen-bond donors (Lipinski definition) is 1. The molecule has 1 N–H and O–H groups in total. The molecule has 0 aliphatic carbocycles. The maximum absolute atomic E-state index is 14.2. The van der Waals surface area contributed by atoms with Gasteiger partial charge in [-0.1, -0.05) is 93.1 Å². The number of nitrogens with zero attached hydrogens (tertiary/aromatic N) is 4. The molecule has 0 radical (unpaired) electrons. The molecule has 3 aromatic rings. The summed E-state index contributed by atoms with van der Waals surface area (Å²) in [4.78, 5) is 44.8. The molecule has 8 nitrogen and oxygen atoms in total. The summed E-state index contributed by atoms with van der Waals surface area (Å²) >= 11 is 0. The Balaban J connectivity index is 1.47. The molecule has 3 aromatic carbocycles. The van der Waals surface area contributed by atoms with Gasteiger partial charge in [-0.15, -0.1) is 0 Å². The summed E-state index contributed by atoms with van der Waals surface area (Å²) in [5.74, 6) is -0.806. The van der Waals surface area contributed by atoms with Gasteiger partial charge in [0.15, 0.2) is 0 Å². The van der Waals surface area contributed by atoms with Crippen molar-refractivity contribution in [2.45, 2.75) is 44.9 Å². The first-order chi connectivity index (χ1) is 20.3. The number of hydrazine groups is 1. The summed E-state index contributed by atoms with van der Waals surface area (Å²) in [7, 11) is 1.71. The quantitative estimate of drug-likeness (QED) is 0.434. The zero-order chi connectivity index (χ0) is 29.8. The zero-order valence-corrected chi connectivity index (χ0v) is 24.3. The number of rotatable bonds is 8. The Kier molecular flexibility index (Phi) is 8.87. The first-order valence-corrected chi connectivity index (χ1v) is 14.5. The molecule has 0 spiro atoms. The number of hydrogen-bond acceptors (Lipinski definition) is 4. The molecule has 5 rings (SSSR count). The van der Waals surface area contributed by atoms with Gasteiger partial charge in [0.25, 0.3) is 0 Å². The number of nitrogens with one attached hydrogen (secondary N) is 1. The molecule has 0 aromatic heterocycles. The van der Waals surface area contributed by atoms with Crippen molar-refractivity contribution in [2.75, 3.05) is 26.7 Å². The lowest BCUT2D eigenvalue weighted by atomic mass is 9.88. The number of likely N-dealkylation sites (N-methyl/N-ethyl adjacent to an activating group) is 1. The lowest BCUT2D eigenvalue weighted by molar-refractivity contribution is -0.190. The van der Waals surface area contributed by atoms with Crippen LogP contribution >= 0.6 is 0 Å². The van der Waals surface area contributed by atoms with Crippen molar-refractivity contribution >= 4 is 17.8 Å². The Morgan fingerprint density at radius 1 is 0.952 bits per heavy atom.